The molecule has 0 aliphatic carbocycles. The minimum atomic E-state index is 0.0178. The first kappa shape index (κ1) is 10.8. The summed E-state index contributed by atoms with van der Waals surface area (Å²) >= 11 is 0. The summed E-state index contributed by atoms with van der Waals surface area (Å²) in [6.07, 6.45) is 0.852. The average molecular weight is 195 g/mol. The first-order valence-corrected chi connectivity index (χ1v) is 4.76. The normalized spacial score (nSPS) is 10.3. The number of rotatable bonds is 3. The van der Waals surface area contributed by atoms with Crippen molar-refractivity contribution in [3.05, 3.63) is 17.0 Å². The number of aryl methyl sites for hydroxylation is 2. The number of amides is 1. The Morgan fingerprint density at radius 2 is 2.14 bits per heavy atom. The molecule has 1 aromatic heterocycles. The Labute approximate surface area is 84.3 Å². The van der Waals surface area contributed by atoms with E-state index in [0.29, 0.717) is 6.54 Å². The van der Waals surface area contributed by atoms with Crippen molar-refractivity contribution in [3.8, 4) is 0 Å². The molecule has 0 bridgehead atoms. The van der Waals surface area contributed by atoms with Crippen LogP contribution in [0.5, 0.6) is 0 Å². The second-order valence-corrected chi connectivity index (χ2v) is 3.51. The third kappa shape index (κ3) is 2.34. The number of carbonyl (C=O) groups is 1. The van der Waals surface area contributed by atoms with Gasteiger partial charge in [-0.3, -0.25) is 9.48 Å². The Hall–Kier alpha value is -1.32. The van der Waals surface area contributed by atoms with Crippen molar-refractivity contribution in [2.45, 2.75) is 27.2 Å². The minimum Gasteiger partial charge on any atom is -0.356 e. The molecular weight excluding hydrogens is 178 g/mol. The molecule has 0 saturated carbocycles. The molecule has 14 heavy (non-hydrogen) atoms. The van der Waals surface area contributed by atoms with Gasteiger partial charge in [0.15, 0.2) is 0 Å². The van der Waals surface area contributed by atoms with Gasteiger partial charge < -0.3 is 5.32 Å². The maximum atomic E-state index is 10.7. The predicted molar refractivity (Wildman–Crippen MR) is 55.1 cm³/mol. The smallest absolute Gasteiger partial charge is 0.216 e. The van der Waals surface area contributed by atoms with E-state index in [1.165, 1.54) is 18.2 Å². The Morgan fingerprint density at radius 3 is 2.57 bits per heavy atom. The molecule has 0 aliphatic rings. The van der Waals surface area contributed by atoms with Gasteiger partial charge in [-0.25, -0.2) is 0 Å². The zero-order valence-corrected chi connectivity index (χ0v) is 9.22. The third-order valence-corrected chi connectivity index (χ3v) is 2.41. The summed E-state index contributed by atoms with van der Waals surface area (Å²) in [6, 6.07) is 0. The van der Waals surface area contributed by atoms with E-state index in [9.17, 15) is 4.79 Å². The van der Waals surface area contributed by atoms with Gasteiger partial charge >= 0.3 is 0 Å². The van der Waals surface area contributed by atoms with Crippen LogP contribution in [0.1, 0.15) is 23.9 Å². The lowest BCUT2D eigenvalue weighted by Crippen LogP contribution is -2.22. The molecule has 0 saturated heterocycles. The van der Waals surface area contributed by atoms with Crippen molar-refractivity contribution < 1.29 is 4.79 Å². The highest BCUT2D eigenvalue weighted by atomic mass is 16.1. The lowest BCUT2D eigenvalue weighted by molar-refractivity contribution is -0.118. The van der Waals surface area contributed by atoms with Crippen LogP contribution in [0.25, 0.3) is 0 Å². The van der Waals surface area contributed by atoms with E-state index < -0.39 is 0 Å². The molecular formula is C10H17N3O. The fourth-order valence-corrected chi connectivity index (χ4v) is 1.54. The average Bonchev–Trinajstić information content (AvgIpc) is 2.31. The molecule has 1 N–H and O–H groups in total. The first-order chi connectivity index (χ1) is 6.52. The monoisotopic (exact) mass is 195 g/mol. The molecule has 0 radical (unpaired) electrons. The summed E-state index contributed by atoms with van der Waals surface area (Å²) in [5.74, 6) is 0.0178. The number of hydrogen-bond donors (Lipinski definition) is 1. The molecule has 0 aliphatic heterocycles. The summed E-state index contributed by atoms with van der Waals surface area (Å²) in [5, 5.41) is 7.09. The van der Waals surface area contributed by atoms with Crippen LogP contribution in [0, 0.1) is 13.8 Å². The predicted octanol–water partition coefficient (Wildman–Crippen LogP) is 0.716. The van der Waals surface area contributed by atoms with Crippen LogP contribution in [0.15, 0.2) is 0 Å². The van der Waals surface area contributed by atoms with Gasteiger partial charge in [0.1, 0.15) is 0 Å². The molecule has 0 aromatic carbocycles. The Bertz CT molecular complexity index is 341. The van der Waals surface area contributed by atoms with E-state index >= 15 is 0 Å². The van der Waals surface area contributed by atoms with Crippen molar-refractivity contribution in [1.29, 1.82) is 0 Å². The molecule has 0 atom stereocenters. The van der Waals surface area contributed by atoms with Crippen LogP contribution >= 0.6 is 0 Å². The van der Waals surface area contributed by atoms with E-state index in [-0.39, 0.29) is 5.91 Å². The topological polar surface area (TPSA) is 46.9 Å². The molecule has 4 heteroatoms. The molecule has 0 spiro atoms. The van der Waals surface area contributed by atoms with Crippen LogP contribution in [0.3, 0.4) is 0 Å². The van der Waals surface area contributed by atoms with Gasteiger partial charge in [-0.1, -0.05) is 0 Å². The van der Waals surface area contributed by atoms with Crippen LogP contribution < -0.4 is 5.32 Å². The minimum absolute atomic E-state index is 0.0178. The van der Waals surface area contributed by atoms with Crippen LogP contribution in [0.2, 0.25) is 0 Å². The van der Waals surface area contributed by atoms with Gasteiger partial charge in [-0.05, 0) is 25.8 Å². The van der Waals surface area contributed by atoms with Gasteiger partial charge in [0.25, 0.3) is 0 Å². The van der Waals surface area contributed by atoms with Crippen LogP contribution in [-0.2, 0) is 18.3 Å². The highest BCUT2D eigenvalue weighted by Gasteiger charge is 2.08. The molecule has 0 unspecified atom stereocenters. The largest absolute Gasteiger partial charge is 0.356 e. The molecule has 4 nitrogen and oxygen atoms in total. The van der Waals surface area contributed by atoms with Gasteiger partial charge in [0.2, 0.25) is 5.91 Å². The number of nitrogens with one attached hydrogen (secondary N) is 1. The van der Waals surface area contributed by atoms with Gasteiger partial charge in [0, 0.05) is 26.2 Å². The third-order valence-electron chi connectivity index (χ3n) is 2.41. The van der Waals surface area contributed by atoms with Crippen molar-refractivity contribution in [3.63, 3.8) is 0 Å². The van der Waals surface area contributed by atoms with E-state index in [0.717, 1.165) is 12.1 Å². The van der Waals surface area contributed by atoms with Gasteiger partial charge in [0.05, 0.1) is 5.69 Å². The van der Waals surface area contributed by atoms with Crippen molar-refractivity contribution in [2.75, 3.05) is 6.54 Å². The van der Waals surface area contributed by atoms with Crippen LogP contribution in [-0.4, -0.2) is 22.2 Å². The maximum Gasteiger partial charge on any atom is 0.216 e. The van der Waals surface area contributed by atoms with E-state index in [2.05, 4.69) is 10.4 Å². The fourth-order valence-electron chi connectivity index (χ4n) is 1.54. The zero-order chi connectivity index (χ0) is 10.7. The highest BCUT2D eigenvalue weighted by molar-refractivity contribution is 5.72. The van der Waals surface area contributed by atoms with Gasteiger partial charge in [-0.15, -0.1) is 0 Å². The molecule has 78 valence electrons. The number of nitrogens with zero attached hydrogens (tertiary/aromatic N) is 2. The lowest BCUT2D eigenvalue weighted by Gasteiger charge is -2.02. The standard InChI is InChI=1S/C10H17N3O/c1-7-10(5-6-11-9(3)14)8(2)13(4)12-7/h5-6H2,1-4H3,(H,11,14). The highest BCUT2D eigenvalue weighted by Crippen LogP contribution is 2.11. The van der Waals surface area contributed by atoms with Gasteiger partial charge in [-0.2, -0.15) is 5.10 Å². The number of carbonyl (C=O) groups excluding carboxylic acids is 1. The number of aromatic nitrogens is 2. The summed E-state index contributed by atoms with van der Waals surface area (Å²) in [5.41, 5.74) is 3.46. The van der Waals surface area contributed by atoms with E-state index in [1.807, 2.05) is 25.6 Å². The Morgan fingerprint density at radius 1 is 1.50 bits per heavy atom. The zero-order valence-electron chi connectivity index (χ0n) is 9.22. The summed E-state index contributed by atoms with van der Waals surface area (Å²) in [6.45, 7) is 6.25. The lowest BCUT2D eigenvalue weighted by atomic mass is 10.1. The molecule has 1 amide bonds. The second kappa shape index (κ2) is 4.26. The summed E-state index contributed by atoms with van der Waals surface area (Å²) in [4.78, 5) is 10.7. The second-order valence-electron chi connectivity index (χ2n) is 3.51. The SMILES string of the molecule is CC(=O)NCCc1c(C)nn(C)c1C. The quantitative estimate of drug-likeness (QED) is 0.772. The number of hydrogen-bond acceptors (Lipinski definition) is 2. The Balaban J connectivity index is 2.62. The molecule has 1 aromatic rings. The maximum absolute atomic E-state index is 10.7. The van der Waals surface area contributed by atoms with Crippen molar-refractivity contribution in [2.24, 2.45) is 7.05 Å². The van der Waals surface area contributed by atoms with E-state index in [1.54, 1.807) is 0 Å². The van der Waals surface area contributed by atoms with Crippen LogP contribution in [0.4, 0.5) is 0 Å². The molecule has 1 rings (SSSR count). The first-order valence-electron chi connectivity index (χ1n) is 4.76. The Kier molecular flexibility index (Phi) is 3.28. The summed E-state index contributed by atoms with van der Waals surface area (Å²) in [7, 11) is 1.93. The fraction of sp³-hybridized carbons (Fsp3) is 0.600. The summed E-state index contributed by atoms with van der Waals surface area (Å²) < 4.78 is 1.87. The van der Waals surface area contributed by atoms with Crippen molar-refractivity contribution in [1.82, 2.24) is 15.1 Å². The van der Waals surface area contributed by atoms with E-state index in [4.69, 9.17) is 0 Å². The molecule has 0 fully saturated rings. The van der Waals surface area contributed by atoms with Crippen molar-refractivity contribution >= 4 is 5.91 Å². The molecule has 1 heterocycles.